The van der Waals surface area contributed by atoms with Crippen LogP contribution in [0.4, 0.5) is 5.95 Å². The second kappa shape index (κ2) is 6.43. The fourth-order valence-electron chi connectivity index (χ4n) is 1.71. The van der Waals surface area contributed by atoms with Crippen molar-refractivity contribution >= 4 is 5.95 Å². The van der Waals surface area contributed by atoms with Crippen molar-refractivity contribution in [3.63, 3.8) is 0 Å². The molecule has 1 heterocycles. The van der Waals surface area contributed by atoms with Gasteiger partial charge in [-0.15, -0.1) is 0 Å². The number of anilines is 1. The summed E-state index contributed by atoms with van der Waals surface area (Å²) in [7, 11) is 0. The first kappa shape index (κ1) is 12.9. The molecule has 0 aliphatic heterocycles. The smallest absolute Gasteiger partial charge is 0.225 e. The Morgan fingerprint density at radius 1 is 1.19 bits per heavy atom. The van der Waals surface area contributed by atoms with Crippen LogP contribution in [0.15, 0.2) is 6.07 Å². The molecule has 0 saturated carbocycles. The maximum Gasteiger partial charge on any atom is 0.225 e. The quantitative estimate of drug-likeness (QED) is 0.798. The first-order valence-corrected chi connectivity index (χ1v) is 6.00. The van der Waals surface area contributed by atoms with Gasteiger partial charge >= 0.3 is 0 Å². The van der Waals surface area contributed by atoms with Crippen LogP contribution in [-0.2, 0) is 6.54 Å². The highest BCUT2D eigenvalue weighted by atomic mass is 15.2. The molecule has 0 bridgehead atoms. The molecule has 0 saturated heterocycles. The molecule has 0 aromatic carbocycles. The molecule has 4 nitrogen and oxygen atoms in total. The van der Waals surface area contributed by atoms with E-state index in [1.807, 2.05) is 13.0 Å². The second-order valence-electron chi connectivity index (χ2n) is 3.99. The SMILES string of the molecule is CCCN(CCC)c1nc(C)cc(CN)n1. The number of rotatable bonds is 6. The molecule has 4 heteroatoms. The van der Waals surface area contributed by atoms with E-state index in [1.54, 1.807) is 0 Å². The lowest BCUT2D eigenvalue weighted by atomic mass is 10.3. The number of aryl methyl sites for hydroxylation is 1. The van der Waals surface area contributed by atoms with Gasteiger partial charge in [-0.25, -0.2) is 9.97 Å². The Balaban J connectivity index is 2.93. The van der Waals surface area contributed by atoms with Crippen molar-refractivity contribution in [2.75, 3.05) is 18.0 Å². The van der Waals surface area contributed by atoms with Crippen molar-refractivity contribution in [2.45, 2.75) is 40.2 Å². The molecule has 0 atom stereocenters. The molecular weight excluding hydrogens is 200 g/mol. The maximum absolute atomic E-state index is 5.63. The summed E-state index contributed by atoms with van der Waals surface area (Å²) in [5.74, 6) is 0.823. The van der Waals surface area contributed by atoms with Crippen molar-refractivity contribution in [3.05, 3.63) is 17.5 Å². The average molecular weight is 222 g/mol. The zero-order chi connectivity index (χ0) is 12.0. The van der Waals surface area contributed by atoms with E-state index in [9.17, 15) is 0 Å². The Morgan fingerprint density at radius 3 is 2.31 bits per heavy atom. The van der Waals surface area contributed by atoms with Crippen LogP contribution in [0.3, 0.4) is 0 Å². The van der Waals surface area contributed by atoms with Gasteiger partial charge in [0.05, 0.1) is 5.69 Å². The minimum absolute atomic E-state index is 0.475. The van der Waals surface area contributed by atoms with Gasteiger partial charge in [-0.1, -0.05) is 13.8 Å². The van der Waals surface area contributed by atoms with Crippen LogP contribution >= 0.6 is 0 Å². The van der Waals surface area contributed by atoms with Crippen molar-refractivity contribution in [1.82, 2.24) is 9.97 Å². The summed E-state index contributed by atoms with van der Waals surface area (Å²) >= 11 is 0. The third kappa shape index (κ3) is 3.45. The third-order valence-electron chi connectivity index (χ3n) is 2.37. The van der Waals surface area contributed by atoms with Gasteiger partial charge in [0.15, 0.2) is 0 Å². The van der Waals surface area contributed by atoms with Crippen LogP contribution in [0.25, 0.3) is 0 Å². The predicted molar refractivity (Wildman–Crippen MR) is 67.5 cm³/mol. The lowest BCUT2D eigenvalue weighted by Gasteiger charge is -2.22. The van der Waals surface area contributed by atoms with Gasteiger partial charge in [-0.2, -0.15) is 0 Å². The summed E-state index contributed by atoms with van der Waals surface area (Å²) in [5.41, 5.74) is 7.53. The molecule has 1 aromatic rings. The topological polar surface area (TPSA) is 55.0 Å². The maximum atomic E-state index is 5.63. The summed E-state index contributed by atoms with van der Waals surface area (Å²) in [6.07, 6.45) is 2.21. The molecule has 0 radical (unpaired) electrons. The van der Waals surface area contributed by atoms with Gasteiger partial charge in [0.1, 0.15) is 0 Å². The molecular formula is C12H22N4. The highest BCUT2D eigenvalue weighted by Gasteiger charge is 2.09. The van der Waals surface area contributed by atoms with Crippen LogP contribution in [0.2, 0.25) is 0 Å². The van der Waals surface area contributed by atoms with Gasteiger partial charge in [-0.05, 0) is 25.8 Å². The molecule has 1 aromatic heterocycles. The van der Waals surface area contributed by atoms with Crippen LogP contribution < -0.4 is 10.6 Å². The molecule has 16 heavy (non-hydrogen) atoms. The Bertz CT molecular complexity index is 319. The molecule has 0 aliphatic rings. The van der Waals surface area contributed by atoms with Crippen molar-refractivity contribution in [2.24, 2.45) is 5.73 Å². The number of aromatic nitrogens is 2. The van der Waals surface area contributed by atoms with E-state index in [4.69, 9.17) is 5.73 Å². The monoisotopic (exact) mass is 222 g/mol. The fourth-order valence-corrected chi connectivity index (χ4v) is 1.71. The lowest BCUT2D eigenvalue weighted by molar-refractivity contribution is 0.714. The van der Waals surface area contributed by atoms with Crippen LogP contribution in [0.5, 0.6) is 0 Å². The molecule has 0 amide bonds. The van der Waals surface area contributed by atoms with Gasteiger partial charge in [0, 0.05) is 25.3 Å². The summed E-state index contributed by atoms with van der Waals surface area (Å²) in [5, 5.41) is 0. The Labute approximate surface area is 97.9 Å². The Hall–Kier alpha value is -1.16. The third-order valence-corrected chi connectivity index (χ3v) is 2.37. The van der Waals surface area contributed by atoms with Crippen molar-refractivity contribution < 1.29 is 0 Å². The van der Waals surface area contributed by atoms with Gasteiger partial charge < -0.3 is 10.6 Å². The Morgan fingerprint density at radius 2 is 1.81 bits per heavy atom. The largest absolute Gasteiger partial charge is 0.341 e. The number of nitrogens with zero attached hydrogens (tertiary/aromatic N) is 3. The summed E-state index contributed by atoms with van der Waals surface area (Å²) < 4.78 is 0. The number of hydrogen-bond acceptors (Lipinski definition) is 4. The van der Waals surface area contributed by atoms with Crippen molar-refractivity contribution in [3.8, 4) is 0 Å². The van der Waals surface area contributed by atoms with E-state index in [0.29, 0.717) is 6.54 Å². The van der Waals surface area contributed by atoms with Gasteiger partial charge in [0.2, 0.25) is 5.95 Å². The molecule has 1 rings (SSSR count). The van der Waals surface area contributed by atoms with E-state index in [-0.39, 0.29) is 0 Å². The van der Waals surface area contributed by atoms with E-state index >= 15 is 0 Å². The lowest BCUT2D eigenvalue weighted by Crippen LogP contribution is -2.27. The zero-order valence-corrected chi connectivity index (χ0v) is 10.5. The highest BCUT2D eigenvalue weighted by Crippen LogP contribution is 2.11. The van der Waals surface area contributed by atoms with Gasteiger partial charge in [0.25, 0.3) is 0 Å². The number of nitrogens with two attached hydrogens (primary N) is 1. The van der Waals surface area contributed by atoms with E-state index < -0.39 is 0 Å². The van der Waals surface area contributed by atoms with Crippen LogP contribution in [0, 0.1) is 6.92 Å². The van der Waals surface area contributed by atoms with E-state index in [0.717, 1.165) is 43.3 Å². The molecule has 0 spiro atoms. The minimum atomic E-state index is 0.475. The van der Waals surface area contributed by atoms with E-state index in [2.05, 4.69) is 28.7 Å². The molecule has 2 N–H and O–H groups in total. The predicted octanol–water partition coefficient (Wildman–Crippen LogP) is 1.87. The first-order chi connectivity index (χ1) is 7.71. The molecule has 0 aliphatic carbocycles. The molecule has 0 unspecified atom stereocenters. The summed E-state index contributed by atoms with van der Waals surface area (Å²) in [6, 6.07) is 1.94. The molecule has 0 fully saturated rings. The van der Waals surface area contributed by atoms with E-state index in [1.165, 1.54) is 0 Å². The van der Waals surface area contributed by atoms with Crippen molar-refractivity contribution in [1.29, 1.82) is 0 Å². The minimum Gasteiger partial charge on any atom is -0.341 e. The second-order valence-corrected chi connectivity index (χ2v) is 3.99. The van der Waals surface area contributed by atoms with Crippen LogP contribution in [0.1, 0.15) is 38.1 Å². The average Bonchev–Trinajstić information content (AvgIpc) is 2.28. The molecule has 90 valence electrons. The highest BCUT2D eigenvalue weighted by molar-refractivity contribution is 5.32. The standard InChI is InChI=1S/C12H22N4/c1-4-6-16(7-5-2)12-14-10(3)8-11(9-13)15-12/h8H,4-7,9,13H2,1-3H3. The first-order valence-electron chi connectivity index (χ1n) is 6.00. The summed E-state index contributed by atoms with van der Waals surface area (Å²) in [4.78, 5) is 11.2. The summed E-state index contributed by atoms with van der Waals surface area (Å²) in [6.45, 7) is 8.80. The fraction of sp³-hybridized carbons (Fsp3) is 0.667. The van der Waals surface area contributed by atoms with Crippen LogP contribution in [-0.4, -0.2) is 23.1 Å². The Kier molecular flexibility index (Phi) is 5.19. The number of hydrogen-bond donors (Lipinski definition) is 1. The zero-order valence-electron chi connectivity index (χ0n) is 10.5. The van der Waals surface area contributed by atoms with Gasteiger partial charge in [-0.3, -0.25) is 0 Å². The normalized spacial score (nSPS) is 10.5.